The summed E-state index contributed by atoms with van der Waals surface area (Å²) in [6.45, 7) is 0. The number of nitrogens with zero attached hydrogens (tertiary/aromatic N) is 1. The minimum Gasteiger partial charge on any atom is -0.267 e. The van der Waals surface area contributed by atoms with Gasteiger partial charge in [0.15, 0.2) is 0 Å². The third-order valence-corrected chi connectivity index (χ3v) is 5.14. The van der Waals surface area contributed by atoms with Crippen LogP contribution in [0.2, 0.25) is 0 Å². The van der Waals surface area contributed by atoms with E-state index >= 15 is 0 Å². The Morgan fingerprint density at radius 2 is 1.65 bits per heavy atom. The monoisotopic (exact) mass is 387 g/mol. The van der Waals surface area contributed by atoms with E-state index in [1.54, 1.807) is 23.7 Å². The fourth-order valence-electron chi connectivity index (χ4n) is 2.13. The Bertz CT molecular complexity index is 916. The molecule has 2 aromatic carbocycles. The van der Waals surface area contributed by atoms with Crippen molar-refractivity contribution in [2.24, 2.45) is 0 Å². The average Bonchev–Trinajstić information content (AvgIpc) is 3.18. The molecule has 1 aromatic heterocycles. The van der Waals surface area contributed by atoms with Gasteiger partial charge in [0.25, 0.3) is 11.8 Å². The second kappa shape index (κ2) is 8.59. The van der Waals surface area contributed by atoms with Gasteiger partial charge in [0.2, 0.25) is 0 Å². The van der Waals surface area contributed by atoms with Gasteiger partial charge < -0.3 is 0 Å². The van der Waals surface area contributed by atoms with Gasteiger partial charge in [0.1, 0.15) is 5.82 Å². The highest BCUT2D eigenvalue weighted by Crippen LogP contribution is 2.26. The lowest BCUT2D eigenvalue weighted by Gasteiger charge is -2.11. The maximum Gasteiger partial charge on any atom is 0.272 e. The third kappa shape index (κ3) is 4.47. The van der Waals surface area contributed by atoms with E-state index in [2.05, 4.69) is 15.8 Å². The molecule has 0 atom stereocenters. The second-order valence-corrected chi connectivity index (χ2v) is 6.89. The molecular formula is C18H14FN3O2S2. The topological polar surface area (TPSA) is 71.1 Å². The van der Waals surface area contributed by atoms with Crippen LogP contribution in [0, 0.1) is 5.82 Å². The molecule has 0 radical (unpaired) electrons. The normalized spacial score (nSPS) is 10.3. The van der Waals surface area contributed by atoms with Crippen LogP contribution >= 0.6 is 23.1 Å². The van der Waals surface area contributed by atoms with Crippen molar-refractivity contribution in [3.63, 3.8) is 0 Å². The maximum atomic E-state index is 13.6. The number of aromatic nitrogens is 1. The molecule has 1 heterocycles. The Labute approximate surface area is 157 Å². The molecule has 0 saturated carbocycles. The number of hydrazine groups is 1. The van der Waals surface area contributed by atoms with E-state index in [1.807, 2.05) is 17.5 Å². The number of rotatable bonds is 5. The molecule has 8 heteroatoms. The van der Waals surface area contributed by atoms with E-state index in [0.717, 1.165) is 10.6 Å². The summed E-state index contributed by atoms with van der Waals surface area (Å²) in [5.41, 5.74) is 7.53. The molecule has 3 rings (SSSR count). The minimum absolute atomic E-state index is 0.140. The highest BCUT2D eigenvalue weighted by atomic mass is 32.2. The molecule has 5 nitrogen and oxygen atoms in total. The number of carbonyl (C=O) groups is 2. The van der Waals surface area contributed by atoms with Crippen molar-refractivity contribution in [1.82, 2.24) is 15.8 Å². The molecule has 0 unspecified atom stereocenters. The zero-order chi connectivity index (χ0) is 18.4. The second-order valence-electron chi connectivity index (χ2n) is 5.15. The first kappa shape index (κ1) is 18.1. The Kier molecular flexibility index (Phi) is 5.98. The molecule has 0 fully saturated rings. The largest absolute Gasteiger partial charge is 0.272 e. The summed E-state index contributed by atoms with van der Waals surface area (Å²) < 4.78 is 13.6. The van der Waals surface area contributed by atoms with Gasteiger partial charge in [-0.2, -0.15) is 0 Å². The zero-order valence-electron chi connectivity index (χ0n) is 13.4. The smallest absolute Gasteiger partial charge is 0.267 e. The lowest BCUT2D eigenvalue weighted by atomic mass is 10.2. The molecule has 0 aliphatic carbocycles. The molecule has 0 spiro atoms. The van der Waals surface area contributed by atoms with Crippen molar-refractivity contribution in [3.05, 3.63) is 82.1 Å². The summed E-state index contributed by atoms with van der Waals surface area (Å²) >= 11 is 2.99. The van der Waals surface area contributed by atoms with Crippen LogP contribution in [-0.2, 0) is 5.75 Å². The lowest BCUT2D eigenvalue weighted by Crippen LogP contribution is -2.42. The van der Waals surface area contributed by atoms with Crippen LogP contribution in [0.25, 0.3) is 0 Å². The number of carbonyl (C=O) groups excluding carboxylic acids is 2. The van der Waals surface area contributed by atoms with Crippen molar-refractivity contribution in [3.8, 4) is 0 Å². The third-order valence-electron chi connectivity index (χ3n) is 3.40. The quantitative estimate of drug-likeness (QED) is 0.518. The highest BCUT2D eigenvalue weighted by Gasteiger charge is 2.15. The number of hydrogen-bond acceptors (Lipinski definition) is 5. The zero-order valence-corrected chi connectivity index (χ0v) is 15.1. The summed E-state index contributed by atoms with van der Waals surface area (Å²) in [4.78, 5) is 29.4. The number of benzene rings is 2. The Morgan fingerprint density at radius 1 is 1.00 bits per heavy atom. The summed E-state index contributed by atoms with van der Waals surface area (Å²) in [6.07, 6.45) is 0. The lowest BCUT2D eigenvalue weighted by molar-refractivity contribution is 0.0842. The summed E-state index contributed by atoms with van der Waals surface area (Å²) in [6, 6.07) is 12.6. The maximum absolute atomic E-state index is 13.6. The summed E-state index contributed by atoms with van der Waals surface area (Å²) in [5, 5.41) is 1.95. The first-order valence-corrected chi connectivity index (χ1v) is 9.52. The standard InChI is InChI=1S/C18H14FN3O2S2/c19-15-7-3-1-5-13(15)17(23)21-22-18(24)14-6-2-4-8-16(14)26-10-12-9-25-11-20-12/h1-9,11H,10H2,(H,21,23)(H,22,24). The van der Waals surface area contributed by atoms with Gasteiger partial charge in [0, 0.05) is 16.0 Å². The molecule has 26 heavy (non-hydrogen) atoms. The molecular weight excluding hydrogens is 373 g/mol. The molecule has 3 aromatic rings. The number of hydrogen-bond donors (Lipinski definition) is 2. The van der Waals surface area contributed by atoms with Crippen LogP contribution in [-0.4, -0.2) is 16.8 Å². The SMILES string of the molecule is O=C(NNC(=O)c1ccccc1SCc1cscn1)c1ccccc1F. The molecule has 0 aliphatic heterocycles. The predicted molar refractivity (Wildman–Crippen MR) is 99.4 cm³/mol. The van der Waals surface area contributed by atoms with Crippen LogP contribution in [0.1, 0.15) is 26.4 Å². The average molecular weight is 387 g/mol. The summed E-state index contributed by atoms with van der Waals surface area (Å²) in [7, 11) is 0. The van der Waals surface area contributed by atoms with Crippen LogP contribution in [0.15, 0.2) is 64.3 Å². The molecule has 0 bridgehead atoms. The highest BCUT2D eigenvalue weighted by molar-refractivity contribution is 7.98. The first-order chi connectivity index (χ1) is 12.6. The Balaban J connectivity index is 1.64. The molecule has 0 saturated heterocycles. The van der Waals surface area contributed by atoms with Crippen molar-refractivity contribution in [2.75, 3.05) is 0 Å². The van der Waals surface area contributed by atoms with Crippen molar-refractivity contribution >= 4 is 34.9 Å². The predicted octanol–water partition coefficient (Wildman–Crippen LogP) is 3.65. The Hall–Kier alpha value is -2.71. The van der Waals surface area contributed by atoms with Crippen LogP contribution in [0.3, 0.4) is 0 Å². The molecule has 0 aliphatic rings. The van der Waals surface area contributed by atoms with Gasteiger partial charge in [-0.25, -0.2) is 9.37 Å². The van der Waals surface area contributed by atoms with Gasteiger partial charge in [-0.15, -0.1) is 23.1 Å². The van der Waals surface area contributed by atoms with E-state index < -0.39 is 17.6 Å². The fourth-order valence-corrected chi connectivity index (χ4v) is 3.75. The number of halogens is 1. The molecule has 132 valence electrons. The first-order valence-electron chi connectivity index (χ1n) is 7.59. The van der Waals surface area contributed by atoms with Crippen molar-refractivity contribution in [1.29, 1.82) is 0 Å². The van der Waals surface area contributed by atoms with Crippen LogP contribution in [0.5, 0.6) is 0 Å². The number of thiazole rings is 1. The van der Waals surface area contributed by atoms with E-state index in [0.29, 0.717) is 11.3 Å². The van der Waals surface area contributed by atoms with Gasteiger partial charge in [-0.05, 0) is 24.3 Å². The molecule has 2 N–H and O–H groups in total. The number of thioether (sulfide) groups is 1. The molecule has 2 amide bonds. The Morgan fingerprint density at radius 3 is 2.35 bits per heavy atom. The fraction of sp³-hybridized carbons (Fsp3) is 0.0556. The van der Waals surface area contributed by atoms with Crippen molar-refractivity contribution in [2.45, 2.75) is 10.6 Å². The van der Waals surface area contributed by atoms with Crippen LogP contribution < -0.4 is 10.9 Å². The van der Waals surface area contributed by atoms with Gasteiger partial charge >= 0.3 is 0 Å². The number of nitrogens with one attached hydrogen (secondary N) is 2. The van der Waals surface area contributed by atoms with E-state index in [1.165, 1.54) is 41.3 Å². The van der Waals surface area contributed by atoms with E-state index in [9.17, 15) is 14.0 Å². The number of amides is 2. The summed E-state index contributed by atoms with van der Waals surface area (Å²) in [5.74, 6) is -1.21. The van der Waals surface area contributed by atoms with E-state index in [4.69, 9.17) is 0 Å². The van der Waals surface area contributed by atoms with Gasteiger partial charge in [0.05, 0.1) is 22.3 Å². The van der Waals surface area contributed by atoms with Gasteiger partial charge in [-0.1, -0.05) is 24.3 Å². The van der Waals surface area contributed by atoms with Crippen molar-refractivity contribution < 1.29 is 14.0 Å². The van der Waals surface area contributed by atoms with Gasteiger partial charge in [-0.3, -0.25) is 20.4 Å². The minimum atomic E-state index is -0.718. The van der Waals surface area contributed by atoms with E-state index in [-0.39, 0.29) is 5.56 Å². The van der Waals surface area contributed by atoms with Crippen LogP contribution in [0.4, 0.5) is 4.39 Å².